The van der Waals surface area contributed by atoms with Crippen LogP contribution in [0.2, 0.25) is 0 Å². The van der Waals surface area contributed by atoms with Gasteiger partial charge in [-0.1, -0.05) is 6.07 Å². The molecule has 0 spiro atoms. The van der Waals surface area contributed by atoms with Gasteiger partial charge in [-0.25, -0.2) is 0 Å². The minimum Gasteiger partial charge on any atom is -0.387 e. The maximum Gasteiger partial charge on any atom is 0.0960 e. The van der Waals surface area contributed by atoms with E-state index in [4.69, 9.17) is 4.74 Å². The number of aliphatic hydroxyl groups is 1. The zero-order valence-electron chi connectivity index (χ0n) is 10.1. The van der Waals surface area contributed by atoms with Crippen LogP contribution in [0.1, 0.15) is 37.4 Å². The number of fused-ring (bicyclic) bond motifs is 1. The van der Waals surface area contributed by atoms with E-state index in [1.165, 1.54) is 5.56 Å². The number of ether oxygens (including phenoxy) is 1. The third-order valence-corrected chi connectivity index (χ3v) is 3.84. The van der Waals surface area contributed by atoms with Gasteiger partial charge in [-0.15, -0.1) is 0 Å². The van der Waals surface area contributed by atoms with Gasteiger partial charge in [0.1, 0.15) is 0 Å². The van der Waals surface area contributed by atoms with Gasteiger partial charge >= 0.3 is 0 Å². The lowest BCUT2D eigenvalue weighted by Crippen LogP contribution is -2.43. The van der Waals surface area contributed by atoms with Gasteiger partial charge < -0.3 is 9.84 Å². The molecule has 0 saturated heterocycles. The average molecular weight is 221 g/mol. The van der Waals surface area contributed by atoms with Crippen LogP contribution in [-0.4, -0.2) is 28.9 Å². The van der Waals surface area contributed by atoms with Gasteiger partial charge in [-0.3, -0.25) is 4.98 Å². The van der Waals surface area contributed by atoms with Crippen LogP contribution in [0.3, 0.4) is 0 Å². The first-order valence-electron chi connectivity index (χ1n) is 5.76. The standard InChI is InChI=1S/C13H19NO2/c1-9(16-3)13(2,15)11-7-6-10-5-4-8-14-12(10)11/h4-5,8-9,11,15H,6-7H2,1-3H3. The molecule has 0 bridgehead atoms. The number of hydrogen-bond donors (Lipinski definition) is 1. The Kier molecular flexibility index (Phi) is 3.00. The predicted octanol–water partition coefficient (Wildman–Crippen LogP) is 1.90. The van der Waals surface area contributed by atoms with E-state index in [9.17, 15) is 5.11 Å². The summed E-state index contributed by atoms with van der Waals surface area (Å²) in [7, 11) is 1.63. The first kappa shape index (κ1) is 11.6. The van der Waals surface area contributed by atoms with E-state index in [2.05, 4.69) is 11.1 Å². The number of pyridine rings is 1. The highest BCUT2D eigenvalue weighted by molar-refractivity contribution is 5.31. The number of hydrogen-bond acceptors (Lipinski definition) is 3. The molecule has 3 heteroatoms. The second-order valence-corrected chi connectivity index (χ2v) is 4.74. The first-order valence-corrected chi connectivity index (χ1v) is 5.76. The molecule has 16 heavy (non-hydrogen) atoms. The molecule has 1 aliphatic carbocycles. The summed E-state index contributed by atoms with van der Waals surface area (Å²) in [5.74, 6) is 0.0821. The summed E-state index contributed by atoms with van der Waals surface area (Å²) in [6.45, 7) is 3.75. The first-order chi connectivity index (χ1) is 7.57. The van der Waals surface area contributed by atoms with Gasteiger partial charge in [0.05, 0.1) is 11.7 Å². The third kappa shape index (κ3) is 1.74. The molecule has 1 aromatic heterocycles. The molecule has 3 atom stereocenters. The van der Waals surface area contributed by atoms with Crippen molar-refractivity contribution in [2.45, 2.75) is 44.3 Å². The quantitative estimate of drug-likeness (QED) is 0.847. The van der Waals surface area contributed by atoms with Gasteiger partial charge in [0, 0.05) is 24.9 Å². The molecule has 1 aliphatic rings. The highest BCUT2D eigenvalue weighted by Crippen LogP contribution is 2.41. The van der Waals surface area contributed by atoms with Crippen LogP contribution in [0.25, 0.3) is 0 Å². The Bertz CT molecular complexity index is 376. The topological polar surface area (TPSA) is 42.4 Å². The monoisotopic (exact) mass is 221 g/mol. The molecule has 0 amide bonds. The van der Waals surface area contributed by atoms with Gasteiger partial charge in [0.15, 0.2) is 0 Å². The van der Waals surface area contributed by atoms with Crippen molar-refractivity contribution in [3.8, 4) is 0 Å². The van der Waals surface area contributed by atoms with Crippen molar-refractivity contribution in [1.82, 2.24) is 4.98 Å². The lowest BCUT2D eigenvalue weighted by Gasteiger charge is -2.34. The Balaban J connectivity index is 2.31. The minimum absolute atomic E-state index is 0.0821. The van der Waals surface area contributed by atoms with E-state index in [-0.39, 0.29) is 12.0 Å². The summed E-state index contributed by atoms with van der Waals surface area (Å²) in [4.78, 5) is 4.41. The van der Waals surface area contributed by atoms with Crippen molar-refractivity contribution in [2.75, 3.05) is 7.11 Å². The molecule has 1 N–H and O–H groups in total. The van der Waals surface area contributed by atoms with Crippen LogP contribution in [-0.2, 0) is 11.2 Å². The Morgan fingerprint density at radius 3 is 3.06 bits per heavy atom. The Morgan fingerprint density at radius 1 is 1.62 bits per heavy atom. The summed E-state index contributed by atoms with van der Waals surface area (Å²) in [6, 6.07) is 4.05. The predicted molar refractivity (Wildman–Crippen MR) is 62.4 cm³/mol. The summed E-state index contributed by atoms with van der Waals surface area (Å²) in [5.41, 5.74) is 1.45. The largest absolute Gasteiger partial charge is 0.387 e. The SMILES string of the molecule is COC(C)C(C)(O)C1CCc2cccnc21. The van der Waals surface area contributed by atoms with Gasteiger partial charge in [-0.05, 0) is 38.3 Å². The fourth-order valence-electron chi connectivity index (χ4n) is 2.50. The normalized spacial score (nSPS) is 24.9. The van der Waals surface area contributed by atoms with Crippen LogP contribution in [0.15, 0.2) is 18.3 Å². The fourth-order valence-corrected chi connectivity index (χ4v) is 2.50. The molecule has 1 aromatic rings. The molecule has 3 unspecified atom stereocenters. The van der Waals surface area contributed by atoms with Crippen molar-refractivity contribution in [1.29, 1.82) is 0 Å². The number of methoxy groups -OCH3 is 1. The number of aromatic nitrogens is 1. The summed E-state index contributed by atoms with van der Waals surface area (Å²) < 4.78 is 5.26. The molecule has 0 fully saturated rings. The minimum atomic E-state index is -0.853. The fraction of sp³-hybridized carbons (Fsp3) is 0.615. The van der Waals surface area contributed by atoms with E-state index >= 15 is 0 Å². The maximum absolute atomic E-state index is 10.6. The number of aryl methyl sites for hydroxylation is 1. The average Bonchev–Trinajstić information content (AvgIpc) is 2.72. The maximum atomic E-state index is 10.6. The molecule has 0 radical (unpaired) electrons. The van der Waals surface area contributed by atoms with Crippen molar-refractivity contribution in [2.24, 2.45) is 0 Å². The zero-order chi connectivity index (χ0) is 11.8. The van der Waals surface area contributed by atoms with Crippen LogP contribution in [0.4, 0.5) is 0 Å². The van der Waals surface area contributed by atoms with E-state index in [0.29, 0.717) is 0 Å². The molecule has 88 valence electrons. The van der Waals surface area contributed by atoms with Gasteiger partial charge in [0.2, 0.25) is 0 Å². The van der Waals surface area contributed by atoms with Crippen LogP contribution >= 0.6 is 0 Å². The lowest BCUT2D eigenvalue weighted by atomic mass is 9.83. The van der Waals surface area contributed by atoms with Crippen LogP contribution in [0, 0.1) is 0 Å². The molecule has 0 aliphatic heterocycles. The van der Waals surface area contributed by atoms with Crippen molar-refractivity contribution in [3.05, 3.63) is 29.6 Å². The molecule has 0 saturated carbocycles. The van der Waals surface area contributed by atoms with Gasteiger partial charge in [0.25, 0.3) is 0 Å². The lowest BCUT2D eigenvalue weighted by molar-refractivity contribution is -0.0893. The van der Waals surface area contributed by atoms with E-state index in [0.717, 1.165) is 18.5 Å². The Hall–Kier alpha value is -0.930. The Morgan fingerprint density at radius 2 is 2.38 bits per heavy atom. The summed E-state index contributed by atoms with van der Waals surface area (Å²) in [5, 5.41) is 10.6. The van der Waals surface area contributed by atoms with E-state index in [1.807, 2.05) is 19.9 Å². The summed E-state index contributed by atoms with van der Waals surface area (Å²) in [6.07, 6.45) is 3.56. The highest BCUT2D eigenvalue weighted by Gasteiger charge is 2.42. The number of nitrogens with zero attached hydrogens (tertiary/aromatic N) is 1. The van der Waals surface area contributed by atoms with Crippen LogP contribution < -0.4 is 0 Å². The molecule has 1 heterocycles. The molecular weight excluding hydrogens is 202 g/mol. The molecule has 3 nitrogen and oxygen atoms in total. The second kappa shape index (κ2) is 4.15. The van der Waals surface area contributed by atoms with E-state index < -0.39 is 5.60 Å². The van der Waals surface area contributed by atoms with Crippen molar-refractivity contribution in [3.63, 3.8) is 0 Å². The summed E-state index contributed by atoms with van der Waals surface area (Å²) >= 11 is 0. The highest BCUT2D eigenvalue weighted by atomic mass is 16.5. The Labute approximate surface area is 96.5 Å². The molecular formula is C13H19NO2. The zero-order valence-corrected chi connectivity index (χ0v) is 10.1. The smallest absolute Gasteiger partial charge is 0.0960 e. The van der Waals surface area contributed by atoms with Crippen molar-refractivity contribution < 1.29 is 9.84 Å². The third-order valence-electron chi connectivity index (χ3n) is 3.84. The second-order valence-electron chi connectivity index (χ2n) is 4.74. The molecule has 0 aromatic carbocycles. The van der Waals surface area contributed by atoms with Gasteiger partial charge in [-0.2, -0.15) is 0 Å². The number of rotatable bonds is 3. The van der Waals surface area contributed by atoms with Crippen LogP contribution in [0.5, 0.6) is 0 Å². The van der Waals surface area contributed by atoms with E-state index in [1.54, 1.807) is 13.3 Å². The molecule has 2 rings (SSSR count). The van der Waals surface area contributed by atoms with Crippen molar-refractivity contribution >= 4 is 0 Å².